The van der Waals surface area contributed by atoms with Crippen molar-refractivity contribution >= 4 is 5.97 Å². The Bertz CT molecular complexity index is 164. The van der Waals surface area contributed by atoms with E-state index in [4.69, 9.17) is 21.1 Å². The Hall–Kier alpha value is -0.690. The van der Waals surface area contributed by atoms with Gasteiger partial charge in [-0.05, 0) is 13.8 Å². The smallest absolute Gasteiger partial charge is 0.321 e. The van der Waals surface area contributed by atoms with Crippen LogP contribution in [0.3, 0.4) is 0 Å². The largest absolute Gasteiger partial charge is 0.480 e. The Morgan fingerprint density at radius 1 is 1.38 bits per heavy atom. The summed E-state index contributed by atoms with van der Waals surface area (Å²) in [6.07, 6.45) is -1.85. The number of hydrogen-bond acceptors (Lipinski definition) is 5. The summed E-state index contributed by atoms with van der Waals surface area (Å²) in [6, 6.07) is -1.11. The quantitative estimate of drug-likeness (QED) is 0.390. The fourth-order valence-electron chi connectivity index (χ4n) is 0.923. The second-order valence-electron chi connectivity index (χ2n) is 2.91. The Morgan fingerprint density at radius 3 is 2.00 bits per heavy atom. The topological polar surface area (TPSA) is 107 Å². The summed E-state index contributed by atoms with van der Waals surface area (Å²) in [5, 5.41) is 26.7. The van der Waals surface area contributed by atoms with E-state index in [0.717, 1.165) is 0 Å². The van der Waals surface area contributed by atoms with Crippen molar-refractivity contribution in [2.75, 3.05) is 6.54 Å². The van der Waals surface area contributed by atoms with Crippen LogP contribution in [0.2, 0.25) is 0 Å². The molecule has 78 valence electrons. The lowest BCUT2D eigenvalue weighted by Crippen LogP contribution is -2.49. The molecule has 0 spiro atoms. The molecule has 0 rings (SSSR count). The lowest BCUT2D eigenvalue weighted by atomic mass is 10.3. The van der Waals surface area contributed by atoms with Crippen LogP contribution in [0.4, 0.5) is 0 Å². The summed E-state index contributed by atoms with van der Waals surface area (Å²) in [7, 11) is 0. The zero-order valence-electron chi connectivity index (χ0n) is 7.71. The number of carboxylic acids is 1. The molecule has 3 atom stereocenters. The first kappa shape index (κ1) is 12.3. The third-order valence-electron chi connectivity index (χ3n) is 1.68. The number of aliphatic carboxylic acids is 1. The highest BCUT2D eigenvalue weighted by molar-refractivity contribution is 5.73. The minimum Gasteiger partial charge on any atom is -0.480 e. The highest BCUT2D eigenvalue weighted by Crippen LogP contribution is 2.01. The summed E-state index contributed by atoms with van der Waals surface area (Å²) in [6.45, 7) is 2.77. The molecular weight excluding hydrogens is 176 g/mol. The first-order chi connectivity index (χ1) is 5.86. The molecule has 0 aliphatic heterocycles. The van der Waals surface area contributed by atoms with Crippen LogP contribution in [0.15, 0.2) is 0 Å². The van der Waals surface area contributed by atoms with Crippen LogP contribution in [0, 0.1) is 0 Å². The van der Waals surface area contributed by atoms with Crippen molar-refractivity contribution in [2.45, 2.75) is 32.3 Å². The molecule has 0 saturated carbocycles. The van der Waals surface area contributed by atoms with Crippen molar-refractivity contribution < 1.29 is 20.1 Å². The van der Waals surface area contributed by atoms with Gasteiger partial charge in [0.2, 0.25) is 0 Å². The third-order valence-corrected chi connectivity index (χ3v) is 1.68. The maximum Gasteiger partial charge on any atom is 0.321 e. The molecule has 0 aromatic heterocycles. The number of hydrogen-bond donors (Lipinski definition) is 4. The van der Waals surface area contributed by atoms with Crippen LogP contribution in [0.5, 0.6) is 0 Å². The molecular formula is C7H16N2O4. The van der Waals surface area contributed by atoms with Crippen LogP contribution < -0.4 is 5.73 Å². The van der Waals surface area contributed by atoms with Gasteiger partial charge < -0.3 is 21.1 Å². The van der Waals surface area contributed by atoms with Gasteiger partial charge in [-0.1, -0.05) is 0 Å². The second kappa shape index (κ2) is 5.13. The molecule has 0 heterocycles. The maximum absolute atomic E-state index is 10.4. The van der Waals surface area contributed by atoms with E-state index in [-0.39, 0.29) is 6.54 Å². The standard InChI is InChI=1S/C7H16N2O4/c1-4(10)9(5(2)11)3-6(8)7(12)13/h4-6,10-11H,3,8H2,1-2H3,(H,12,13)/t4-,5-,6-/m0/s1. The third kappa shape index (κ3) is 4.18. The lowest BCUT2D eigenvalue weighted by Gasteiger charge is -2.29. The highest BCUT2D eigenvalue weighted by atomic mass is 16.4. The van der Waals surface area contributed by atoms with Gasteiger partial charge in [0.1, 0.15) is 18.5 Å². The van der Waals surface area contributed by atoms with Crippen molar-refractivity contribution in [3.63, 3.8) is 0 Å². The molecule has 0 aromatic rings. The van der Waals surface area contributed by atoms with Gasteiger partial charge in [0.25, 0.3) is 0 Å². The van der Waals surface area contributed by atoms with Crippen LogP contribution in [0.1, 0.15) is 13.8 Å². The number of nitrogens with two attached hydrogens (primary N) is 1. The van der Waals surface area contributed by atoms with Crippen molar-refractivity contribution in [3.8, 4) is 0 Å². The lowest BCUT2D eigenvalue weighted by molar-refractivity contribution is -0.141. The van der Waals surface area contributed by atoms with Gasteiger partial charge in [0.05, 0.1) is 0 Å². The van der Waals surface area contributed by atoms with Gasteiger partial charge in [-0.3, -0.25) is 9.69 Å². The molecule has 0 amide bonds. The number of aliphatic hydroxyl groups is 2. The monoisotopic (exact) mass is 192 g/mol. The van der Waals surface area contributed by atoms with E-state index in [2.05, 4.69) is 0 Å². The SMILES string of the molecule is C[C@H](O)N(C[C@H](N)C(=O)O)[C@H](C)O. The second-order valence-corrected chi connectivity index (χ2v) is 2.91. The minimum absolute atomic E-state index is 0.0926. The number of rotatable bonds is 5. The van der Waals surface area contributed by atoms with E-state index in [9.17, 15) is 4.79 Å². The van der Waals surface area contributed by atoms with Gasteiger partial charge in [-0.2, -0.15) is 0 Å². The van der Waals surface area contributed by atoms with Gasteiger partial charge in [0, 0.05) is 6.54 Å². The first-order valence-electron chi connectivity index (χ1n) is 3.96. The van der Waals surface area contributed by atoms with E-state index in [1.165, 1.54) is 18.7 Å². The fraction of sp³-hybridized carbons (Fsp3) is 0.857. The van der Waals surface area contributed by atoms with Crippen molar-refractivity contribution in [2.24, 2.45) is 5.73 Å². The number of carboxylic acid groups (broad SMARTS) is 1. The molecule has 0 aromatic carbocycles. The molecule has 0 radical (unpaired) electrons. The molecule has 6 heteroatoms. The average molecular weight is 192 g/mol. The highest BCUT2D eigenvalue weighted by Gasteiger charge is 2.22. The van der Waals surface area contributed by atoms with E-state index < -0.39 is 24.5 Å². The molecule has 0 aliphatic rings. The number of nitrogens with zero attached hydrogens (tertiary/aromatic N) is 1. The average Bonchev–Trinajstić information content (AvgIpc) is 1.97. The number of carbonyl (C=O) groups is 1. The van der Waals surface area contributed by atoms with Crippen LogP contribution >= 0.6 is 0 Å². The van der Waals surface area contributed by atoms with Crippen molar-refractivity contribution in [3.05, 3.63) is 0 Å². The molecule has 0 bridgehead atoms. The number of aliphatic hydroxyl groups excluding tert-OH is 2. The van der Waals surface area contributed by atoms with Crippen LogP contribution in [0.25, 0.3) is 0 Å². The van der Waals surface area contributed by atoms with E-state index >= 15 is 0 Å². The fourth-order valence-corrected chi connectivity index (χ4v) is 0.923. The van der Waals surface area contributed by atoms with Crippen molar-refractivity contribution in [1.82, 2.24) is 4.90 Å². The van der Waals surface area contributed by atoms with Gasteiger partial charge >= 0.3 is 5.97 Å². The summed E-state index contributed by atoms with van der Waals surface area (Å²) < 4.78 is 0. The normalized spacial score (nSPS) is 18.3. The Labute approximate surface area is 76.6 Å². The van der Waals surface area contributed by atoms with Crippen LogP contribution in [-0.4, -0.2) is 51.2 Å². The van der Waals surface area contributed by atoms with Gasteiger partial charge in [0.15, 0.2) is 0 Å². The minimum atomic E-state index is -1.16. The predicted octanol–water partition coefficient (Wildman–Crippen LogP) is -1.62. The summed E-state index contributed by atoms with van der Waals surface area (Å²) >= 11 is 0. The summed E-state index contributed by atoms with van der Waals surface area (Å²) in [5.74, 6) is -1.16. The van der Waals surface area contributed by atoms with E-state index in [1.54, 1.807) is 0 Å². The van der Waals surface area contributed by atoms with E-state index in [0.29, 0.717) is 0 Å². The molecule has 13 heavy (non-hydrogen) atoms. The molecule has 0 fully saturated rings. The molecule has 0 aliphatic carbocycles. The Balaban J connectivity index is 4.18. The maximum atomic E-state index is 10.4. The van der Waals surface area contributed by atoms with Gasteiger partial charge in [-0.15, -0.1) is 0 Å². The molecule has 5 N–H and O–H groups in total. The molecule has 0 saturated heterocycles. The molecule has 0 unspecified atom stereocenters. The van der Waals surface area contributed by atoms with Crippen molar-refractivity contribution in [1.29, 1.82) is 0 Å². The molecule has 6 nitrogen and oxygen atoms in total. The summed E-state index contributed by atoms with van der Waals surface area (Å²) in [4.78, 5) is 11.5. The van der Waals surface area contributed by atoms with Crippen LogP contribution in [-0.2, 0) is 4.79 Å². The zero-order chi connectivity index (χ0) is 10.6. The summed E-state index contributed by atoms with van der Waals surface area (Å²) in [5.41, 5.74) is 5.23. The Morgan fingerprint density at radius 2 is 1.77 bits per heavy atom. The predicted molar refractivity (Wildman–Crippen MR) is 45.7 cm³/mol. The van der Waals surface area contributed by atoms with E-state index in [1.807, 2.05) is 0 Å². The van der Waals surface area contributed by atoms with Gasteiger partial charge in [-0.25, -0.2) is 0 Å². The Kier molecular flexibility index (Phi) is 4.86. The first-order valence-corrected chi connectivity index (χ1v) is 3.96. The zero-order valence-corrected chi connectivity index (χ0v) is 7.71.